The van der Waals surface area contributed by atoms with Gasteiger partial charge in [0.25, 0.3) is 5.91 Å². The van der Waals surface area contributed by atoms with Gasteiger partial charge in [-0.2, -0.15) is 4.31 Å². The summed E-state index contributed by atoms with van der Waals surface area (Å²) in [4.78, 5) is 15.2. The van der Waals surface area contributed by atoms with E-state index in [1.807, 2.05) is 6.92 Å². The van der Waals surface area contributed by atoms with E-state index in [1.54, 1.807) is 16.4 Å². The zero-order chi connectivity index (χ0) is 24.7. The molecule has 2 saturated heterocycles. The molecule has 0 radical (unpaired) electrons. The first kappa shape index (κ1) is 26.1. The Morgan fingerprint density at radius 2 is 1.74 bits per heavy atom. The molecule has 0 spiro atoms. The van der Waals surface area contributed by atoms with Gasteiger partial charge in [-0.1, -0.05) is 30.1 Å². The maximum atomic E-state index is 14.2. The average molecular weight is 538 g/mol. The van der Waals surface area contributed by atoms with Crippen LogP contribution in [0.25, 0.3) is 0 Å². The maximum absolute atomic E-state index is 14.2. The Kier molecular flexibility index (Phi) is 7.52. The van der Waals surface area contributed by atoms with Crippen LogP contribution in [-0.4, -0.2) is 72.5 Å². The zero-order valence-electron chi connectivity index (χ0n) is 19.2. The minimum absolute atomic E-state index is 0.0480. The van der Waals surface area contributed by atoms with E-state index in [4.69, 9.17) is 23.2 Å². The van der Waals surface area contributed by atoms with Crippen molar-refractivity contribution >= 4 is 39.1 Å². The summed E-state index contributed by atoms with van der Waals surface area (Å²) in [5, 5.41) is 3.58. The second-order valence-electron chi connectivity index (χ2n) is 9.81. The van der Waals surface area contributed by atoms with E-state index < -0.39 is 21.5 Å². The third-order valence-electron chi connectivity index (χ3n) is 7.52. The second-order valence-corrected chi connectivity index (χ2v) is 12.7. The summed E-state index contributed by atoms with van der Waals surface area (Å²) in [6.07, 6.45) is 2.16. The summed E-state index contributed by atoms with van der Waals surface area (Å²) >= 11 is 12.1. The lowest BCUT2D eigenvalue weighted by Crippen LogP contribution is -2.67. The van der Waals surface area contributed by atoms with Crippen LogP contribution in [0.15, 0.2) is 18.2 Å². The van der Waals surface area contributed by atoms with Crippen LogP contribution in [0.5, 0.6) is 0 Å². The molecule has 2 atom stereocenters. The molecule has 2 unspecified atom stereocenters. The molecule has 6 nitrogen and oxygen atoms in total. The molecule has 190 valence electrons. The number of nitrogens with one attached hydrogen (secondary N) is 1. The van der Waals surface area contributed by atoms with Crippen molar-refractivity contribution in [1.82, 2.24) is 14.5 Å². The standard InChI is InChI=1S/C23H31Cl2F2N3O3S/c1-2-11-34(32,33)29-13-17-4-5-18(14-29)30(17)22(7-9-23(26,27)10-8-22)15-28-21(31)19-6-3-16(24)12-20(19)25/h3,6,12,17-18H,2,4-5,7-11,13-15H2,1H3,(H,28,31). The van der Waals surface area contributed by atoms with Gasteiger partial charge in [-0.25, -0.2) is 17.2 Å². The molecule has 34 heavy (non-hydrogen) atoms. The van der Waals surface area contributed by atoms with Gasteiger partial charge in [-0.05, 0) is 50.3 Å². The second kappa shape index (κ2) is 9.81. The molecule has 2 heterocycles. The highest BCUT2D eigenvalue weighted by Crippen LogP contribution is 2.47. The molecule has 3 aliphatic rings. The molecule has 1 aromatic carbocycles. The molecule has 1 aromatic rings. The van der Waals surface area contributed by atoms with Crippen molar-refractivity contribution in [3.8, 4) is 0 Å². The fourth-order valence-corrected chi connectivity index (χ4v) is 7.94. The minimum atomic E-state index is -3.33. The first-order valence-electron chi connectivity index (χ1n) is 11.8. The van der Waals surface area contributed by atoms with Crippen LogP contribution in [0.2, 0.25) is 10.0 Å². The number of nitrogens with zero attached hydrogens (tertiary/aromatic N) is 2. The van der Waals surface area contributed by atoms with E-state index in [9.17, 15) is 22.0 Å². The highest BCUT2D eigenvalue weighted by Gasteiger charge is 2.55. The molecule has 1 saturated carbocycles. The summed E-state index contributed by atoms with van der Waals surface area (Å²) in [6.45, 7) is 2.78. The first-order chi connectivity index (χ1) is 16.0. The number of amides is 1. The normalized spacial score (nSPS) is 27.0. The molecular weight excluding hydrogens is 507 g/mol. The number of sulfonamides is 1. The van der Waals surface area contributed by atoms with E-state index in [0.717, 1.165) is 12.8 Å². The lowest BCUT2D eigenvalue weighted by atomic mass is 9.77. The zero-order valence-corrected chi connectivity index (χ0v) is 21.5. The largest absolute Gasteiger partial charge is 0.350 e. The van der Waals surface area contributed by atoms with Gasteiger partial charge in [0.05, 0.1) is 16.3 Å². The fraction of sp³-hybridized carbons (Fsp3) is 0.696. The monoisotopic (exact) mass is 537 g/mol. The van der Waals surface area contributed by atoms with Crippen LogP contribution >= 0.6 is 23.2 Å². The number of halogens is 4. The van der Waals surface area contributed by atoms with Crippen molar-refractivity contribution < 1.29 is 22.0 Å². The van der Waals surface area contributed by atoms with Gasteiger partial charge in [-0.3, -0.25) is 9.69 Å². The first-order valence-corrected chi connectivity index (χ1v) is 14.2. The van der Waals surface area contributed by atoms with Gasteiger partial charge < -0.3 is 5.32 Å². The number of fused-ring (bicyclic) bond motifs is 2. The molecule has 3 fully saturated rings. The van der Waals surface area contributed by atoms with Crippen molar-refractivity contribution in [2.75, 3.05) is 25.4 Å². The van der Waals surface area contributed by atoms with Crippen molar-refractivity contribution in [2.45, 2.75) is 75.4 Å². The van der Waals surface area contributed by atoms with Crippen molar-refractivity contribution in [3.63, 3.8) is 0 Å². The number of carbonyl (C=O) groups excluding carboxylic acids is 1. The van der Waals surface area contributed by atoms with E-state index in [1.165, 1.54) is 6.07 Å². The van der Waals surface area contributed by atoms with E-state index >= 15 is 0 Å². The van der Waals surface area contributed by atoms with E-state index in [-0.39, 0.29) is 66.6 Å². The summed E-state index contributed by atoms with van der Waals surface area (Å²) in [7, 11) is -3.33. The minimum Gasteiger partial charge on any atom is -0.350 e. The third kappa shape index (κ3) is 5.24. The molecule has 0 aromatic heterocycles. The Morgan fingerprint density at radius 3 is 2.29 bits per heavy atom. The topological polar surface area (TPSA) is 69.7 Å². The number of carbonyl (C=O) groups is 1. The highest BCUT2D eigenvalue weighted by molar-refractivity contribution is 7.89. The SMILES string of the molecule is CCCS(=O)(=O)N1CC2CCC(C1)N2C1(CNC(=O)c2ccc(Cl)cc2Cl)CCC(F)(F)CC1. The highest BCUT2D eigenvalue weighted by atomic mass is 35.5. The van der Waals surface area contributed by atoms with Crippen LogP contribution in [0, 0.1) is 0 Å². The average Bonchev–Trinajstić information content (AvgIpc) is 3.03. The number of benzene rings is 1. The number of alkyl halides is 2. The fourth-order valence-electron chi connectivity index (χ4n) is 5.87. The van der Waals surface area contributed by atoms with Crippen molar-refractivity contribution in [1.29, 1.82) is 0 Å². The lowest BCUT2D eigenvalue weighted by molar-refractivity contribution is -0.100. The lowest BCUT2D eigenvalue weighted by Gasteiger charge is -2.54. The number of hydrogen-bond acceptors (Lipinski definition) is 4. The molecule has 4 rings (SSSR count). The molecular formula is C23H31Cl2F2N3O3S. The van der Waals surface area contributed by atoms with Gasteiger partial charge in [0.15, 0.2) is 0 Å². The van der Waals surface area contributed by atoms with Crippen LogP contribution in [0.3, 0.4) is 0 Å². The van der Waals surface area contributed by atoms with Gasteiger partial charge in [-0.15, -0.1) is 0 Å². The summed E-state index contributed by atoms with van der Waals surface area (Å²) in [5.41, 5.74) is -0.372. The predicted molar refractivity (Wildman–Crippen MR) is 129 cm³/mol. The van der Waals surface area contributed by atoms with Crippen LogP contribution in [0.4, 0.5) is 8.78 Å². The van der Waals surface area contributed by atoms with Gasteiger partial charge in [0.2, 0.25) is 15.9 Å². The Morgan fingerprint density at radius 1 is 1.12 bits per heavy atom. The molecule has 2 aliphatic heterocycles. The van der Waals surface area contributed by atoms with E-state index in [0.29, 0.717) is 24.5 Å². The van der Waals surface area contributed by atoms with Crippen LogP contribution in [0.1, 0.15) is 62.2 Å². The molecule has 2 bridgehead atoms. The van der Waals surface area contributed by atoms with Gasteiger partial charge in [0, 0.05) is 55.1 Å². The Bertz CT molecular complexity index is 1020. The summed E-state index contributed by atoms with van der Waals surface area (Å²) in [5.74, 6) is -2.99. The Hall–Kier alpha value is -1.00. The number of rotatable bonds is 7. The third-order valence-corrected chi connectivity index (χ3v) is 10.1. The quantitative estimate of drug-likeness (QED) is 0.553. The number of hydrogen-bond donors (Lipinski definition) is 1. The van der Waals surface area contributed by atoms with Crippen LogP contribution < -0.4 is 5.32 Å². The Labute approximate surface area is 210 Å². The molecule has 1 aliphatic carbocycles. The maximum Gasteiger partial charge on any atom is 0.252 e. The van der Waals surface area contributed by atoms with Crippen molar-refractivity contribution in [3.05, 3.63) is 33.8 Å². The molecule has 11 heteroatoms. The smallest absolute Gasteiger partial charge is 0.252 e. The van der Waals surface area contributed by atoms with Gasteiger partial charge in [0.1, 0.15) is 0 Å². The summed E-state index contributed by atoms with van der Waals surface area (Å²) in [6, 6.07) is 4.52. The molecule has 1 amide bonds. The van der Waals surface area contributed by atoms with Crippen LogP contribution in [-0.2, 0) is 10.0 Å². The predicted octanol–water partition coefficient (Wildman–Crippen LogP) is 4.56. The molecule has 1 N–H and O–H groups in total. The number of piperazine rings is 1. The van der Waals surface area contributed by atoms with E-state index in [2.05, 4.69) is 10.2 Å². The van der Waals surface area contributed by atoms with Gasteiger partial charge >= 0.3 is 0 Å². The summed E-state index contributed by atoms with van der Waals surface area (Å²) < 4.78 is 55.3. The van der Waals surface area contributed by atoms with Crippen molar-refractivity contribution in [2.24, 2.45) is 0 Å². The Balaban J connectivity index is 1.55.